The van der Waals surface area contributed by atoms with Crippen LogP contribution in [0.3, 0.4) is 0 Å². The Morgan fingerprint density at radius 2 is 1.79 bits per heavy atom. The number of allylic oxidation sites excluding steroid dienone is 2. The predicted molar refractivity (Wildman–Crippen MR) is 81.7 cm³/mol. The zero-order chi connectivity index (χ0) is 17.7. The highest BCUT2D eigenvalue weighted by atomic mass is 16.6. The van der Waals surface area contributed by atoms with Gasteiger partial charge in [-0.15, -0.1) is 0 Å². The van der Waals surface area contributed by atoms with Crippen molar-refractivity contribution >= 4 is 23.5 Å². The number of hydrazine groups is 1. The molecule has 0 aliphatic heterocycles. The molecule has 1 aliphatic carbocycles. The molecule has 3 N–H and O–H groups in total. The van der Waals surface area contributed by atoms with Gasteiger partial charge in [0, 0.05) is 17.7 Å². The summed E-state index contributed by atoms with van der Waals surface area (Å²) in [6.07, 6.45) is 3.91. The average molecular weight is 333 g/mol. The van der Waals surface area contributed by atoms with Crippen LogP contribution in [-0.4, -0.2) is 27.8 Å². The van der Waals surface area contributed by atoms with Crippen molar-refractivity contribution in [2.24, 2.45) is 11.8 Å². The zero-order valence-corrected chi connectivity index (χ0v) is 12.5. The summed E-state index contributed by atoms with van der Waals surface area (Å²) in [4.78, 5) is 45.3. The van der Waals surface area contributed by atoms with Gasteiger partial charge in [-0.25, -0.2) is 0 Å². The first kappa shape index (κ1) is 17.1. The van der Waals surface area contributed by atoms with Crippen LogP contribution < -0.4 is 10.9 Å². The van der Waals surface area contributed by atoms with Gasteiger partial charge < -0.3 is 5.11 Å². The van der Waals surface area contributed by atoms with Crippen molar-refractivity contribution in [1.82, 2.24) is 10.9 Å². The lowest BCUT2D eigenvalue weighted by Crippen LogP contribution is -2.47. The van der Waals surface area contributed by atoms with Gasteiger partial charge in [0.1, 0.15) is 0 Å². The van der Waals surface area contributed by atoms with E-state index in [4.69, 9.17) is 5.11 Å². The van der Waals surface area contributed by atoms with Gasteiger partial charge in [0.25, 0.3) is 11.6 Å². The summed E-state index contributed by atoms with van der Waals surface area (Å²) in [5, 5.41) is 19.8. The SMILES string of the molecule is O=C(NNC(=O)[C@H]1CC=CC[C@H]1C(=O)O)c1cccc([N+](=O)[O-])c1. The molecule has 0 bridgehead atoms. The molecule has 0 unspecified atom stereocenters. The fourth-order valence-electron chi connectivity index (χ4n) is 2.42. The van der Waals surface area contributed by atoms with Gasteiger partial charge >= 0.3 is 5.97 Å². The normalized spacial score (nSPS) is 19.3. The van der Waals surface area contributed by atoms with E-state index in [1.807, 2.05) is 0 Å². The number of carboxylic acid groups (broad SMARTS) is 1. The molecular weight excluding hydrogens is 318 g/mol. The lowest BCUT2D eigenvalue weighted by molar-refractivity contribution is -0.384. The fourth-order valence-corrected chi connectivity index (χ4v) is 2.42. The number of nitro groups is 1. The first-order chi connectivity index (χ1) is 11.4. The number of hydrogen-bond acceptors (Lipinski definition) is 5. The summed E-state index contributed by atoms with van der Waals surface area (Å²) in [6, 6.07) is 5.02. The van der Waals surface area contributed by atoms with E-state index in [0.717, 1.165) is 6.07 Å². The second kappa shape index (κ2) is 7.36. The molecule has 24 heavy (non-hydrogen) atoms. The molecular formula is C15H15N3O6. The van der Waals surface area contributed by atoms with Crippen LogP contribution in [0.2, 0.25) is 0 Å². The van der Waals surface area contributed by atoms with E-state index in [1.54, 1.807) is 12.2 Å². The van der Waals surface area contributed by atoms with E-state index in [0.29, 0.717) is 0 Å². The maximum atomic E-state index is 12.1. The number of carbonyl (C=O) groups excluding carboxylic acids is 2. The smallest absolute Gasteiger partial charge is 0.307 e. The number of benzene rings is 1. The van der Waals surface area contributed by atoms with Gasteiger partial charge in [-0.1, -0.05) is 18.2 Å². The number of non-ortho nitro benzene ring substituents is 1. The maximum absolute atomic E-state index is 12.1. The zero-order valence-electron chi connectivity index (χ0n) is 12.5. The first-order valence-corrected chi connectivity index (χ1v) is 7.12. The molecule has 0 spiro atoms. The second-order valence-corrected chi connectivity index (χ2v) is 5.24. The number of nitrogens with one attached hydrogen (secondary N) is 2. The molecule has 1 aromatic rings. The molecule has 0 heterocycles. The molecule has 9 nitrogen and oxygen atoms in total. The molecule has 1 aromatic carbocycles. The van der Waals surface area contributed by atoms with Crippen molar-refractivity contribution in [3.63, 3.8) is 0 Å². The molecule has 2 atom stereocenters. The minimum Gasteiger partial charge on any atom is -0.481 e. The van der Waals surface area contributed by atoms with Crippen LogP contribution in [0.5, 0.6) is 0 Å². The minimum atomic E-state index is -1.08. The van der Waals surface area contributed by atoms with Crippen LogP contribution in [0.25, 0.3) is 0 Å². The van der Waals surface area contributed by atoms with Gasteiger partial charge in [0.05, 0.1) is 16.8 Å². The Morgan fingerprint density at radius 3 is 2.42 bits per heavy atom. The third kappa shape index (κ3) is 3.94. The van der Waals surface area contributed by atoms with Crippen LogP contribution in [0.15, 0.2) is 36.4 Å². The lowest BCUT2D eigenvalue weighted by atomic mass is 9.82. The monoisotopic (exact) mass is 333 g/mol. The van der Waals surface area contributed by atoms with Crippen molar-refractivity contribution in [2.45, 2.75) is 12.8 Å². The van der Waals surface area contributed by atoms with Gasteiger partial charge in [-0.05, 0) is 18.9 Å². The van der Waals surface area contributed by atoms with Crippen LogP contribution in [0.4, 0.5) is 5.69 Å². The number of carbonyl (C=O) groups is 3. The van der Waals surface area contributed by atoms with Crippen LogP contribution in [-0.2, 0) is 9.59 Å². The lowest BCUT2D eigenvalue weighted by Gasteiger charge is -2.24. The summed E-state index contributed by atoms with van der Waals surface area (Å²) in [5.41, 5.74) is 4.07. The van der Waals surface area contributed by atoms with Gasteiger partial charge in [-0.3, -0.25) is 35.3 Å². The first-order valence-electron chi connectivity index (χ1n) is 7.12. The Bertz CT molecular complexity index is 715. The van der Waals surface area contributed by atoms with E-state index < -0.39 is 34.5 Å². The molecule has 2 amide bonds. The van der Waals surface area contributed by atoms with Gasteiger partial charge in [-0.2, -0.15) is 0 Å². The third-order valence-electron chi connectivity index (χ3n) is 3.70. The van der Waals surface area contributed by atoms with Crippen LogP contribution in [0, 0.1) is 22.0 Å². The highest BCUT2D eigenvalue weighted by molar-refractivity contribution is 5.96. The molecule has 1 aliphatic rings. The Morgan fingerprint density at radius 1 is 1.12 bits per heavy atom. The highest BCUT2D eigenvalue weighted by Gasteiger charge is 2.34. The molecule has 2 rings (SSSR count). The van der Waals surface area contributed by atoms with E-state index in [1.165, 1.54) is 18.2 Å². The summed E-state index contributed by atoms with van der Waals surface area (Å²) in [5.74, 6) is -4.08. The van der Waals surface area contributed by atoms with Crippen LogP contribution >= 0.6 is 0 Å². The third-order valence-corrected chi connectivity index (χ3v) is 3.70. The molecule has 0 saturated heterocycles. The quantitative estimate of drug-likeness (QED) is 0.427. The number of carboxylic acids is 1. The molecule has 126 valence electrons. The fraction of sp³-hybridized carbons (Fsp3) is 0.267. The Labute approximate surface area is 136 Å². The van der Waals surface area contributed by atoms with Crippen LogP contribution in [0.1, 0.15) is 23.2 Å². The van der Waals surface area contributed by atoms with Crippen molar-refractivity contribution in [3.05, 3.63) is 52.1 Å². The van der Waals surface area contributed by atoms with E-state index >= 15 is 0 Å². The predicted octanol–water partition coefficient (Wildman–Crippen LogP) is 1.02. The minimum absolute atomic E-state index is 0.00262. The van der Waals surface area contributed by atoms with Crippen molar-refractivity contribution in [1.29, 1.82) is 0 Å². The maximum Gasteiger partial charge on any atom is 0.307 e. The summed E-state index contributed by atoms with van der Waals surface area (Å²) in [7, 11) is 0. The standard InChI is InChI=1S/C15H15N3O6/c19-13(9-4-3-5-10(8-9)18(23)24)16-17-14(20)11-6-1-2-7-12(11)15(21)22/h1-5,8,11-12H,6-7H2,(H,16,19)(H,17,20)(H,21,22)/t11-,12+/m0/s1. The van der Waals surface area contributed by atoms with Gasteiger partial charge in [0.2, 0.25) is 5.91 Å². The number of hydrogen-bond donors (Lipinski definition) is 3. The number of aliphatic carboxylic acids is 1. The Hall–Kier alpha value is -3.23. The topological polar surface area (TPSA) is 139 Å². The van der Waals surface area contributed by atoms with Crippen molar-refractivity contribution < 1.29 is 24.4 Å². The summed E-state index contributed by atoms with van der Waals surface area (Å²) >= 11 is 0. The molecule has 0 radical (unpaired) electrons. The van der Waals surface area contributed by atoms with E-state index in [9.17, 15) is 24.5 Å². The number of nitrogens with zero attached hydrogens (tertiary/aromatic N) is 1. The number of nitro benzene ring substituents is 1. The summed E-state index contributed by atoms with van der Waals surface area (Å²) < 4.78 is 0. The molecule has 0 fully saturated rings. The Balaban J connectivity index is 1.99. The summed E-state index contributed by atoms with van der Waals surface area (Å²) in [6.45, 7) is 0. The number of amides is 2. The Kier molecular flexibility index (Phi) is 5.25. The van der Waals surface area contributed by atoms with E-state index in [-0.39, 0.29) is 24.1 Å². The molecule has 0 aromatic heterocycles. The average Bonchev–Trinajstić information content (AvgIpc) is 2.59. The van der Waals surface area contributed by atoms with Gasteiger partial charge in [0.15, 0.2) is 0 Å². The molecule has 0 saturated carbocycles. The second-order valence-electron chi connectivity index (χ2n) is 5.24. The van der Waals surface area contributed by atoms with Crippen molar-refractivity contribution in [2.75, 3.05) is 0 Å². The molecule has 9 heteroatoms. The largest absolute Gasteiger partial charge is 0.481 e. The highest BCUT2D eigenvalue weighted by Crippen LogP contribution is 2.25. The van der Waals surface area contributed by atoms with Crippen molar-refractivity contribution in [3.8, 4) is 0 Å². The number of rotatable bonds is 4. The van der Waals surface area contributed by atoms with E-state index in [2.05, 4.69) is 10.9 Å².